The van der Waals surface area contributed by atoms with Crippen LogP contribution in [0.3, 0.4) is 0 Å². The van der Waals surface area contributed by atoms with Gasteiger partial charge in [0.1, 0.15) is 5.82 Å². The quantitative estimate of drug-likeness (QED) is 0.552. The summed E-state index contributed by atoms with van der Waals surface area (Å²) < 4.78 is 14.3. The summed E-state index contributed by atoms with van der Waals surface area (Å²) in [5.41, 5.74) is 3.33. The van der Waals surface area contributed by atoms with Crippen LogP contribution >= 0.6 is 31.9 Å². The van der Waals surface area contributed by atoms with Crippen molar-refractivity contribution in [3.63, 3.8) is 0 Å². The Balaban J connectivity index is 2.33. The highest BCUT2D eigenvalue weighted by Crippen LogP contribution is 2.36. The number of hydrogen-bond acceptors (Lipinski definition) is 0. The van der Waals surface area contributed by atoms with Crippen LogP contribution in [0.25, 0.3) is 0 Å². The van der Waals surface area contributed by atoms with Gasteiger partial charge in [-0.1, -0.05) is 70.0 Å². The standard InChI is InChI=1S/C16H15Br2F/c1-10(2)11-3-5-12(6-4-11)16(18)14-9-13(19)7-8-15(14)17/h3-10,16H,1-2H3. The molecule has 0 heterocycles. The van der Waals surface area contributed by atoms with Crippen LogP contribution in [0, 0.1) is 5.82 Å². The van der Waals surface area contributed by atoms with E-state index in [0.29, 0.717) is 5.92 Å². The highest BCUT2D eigenvalue weighted by atomic mass is 79.9. The molecule has 0 aliphatic carbocycles. The maximum absolute atomic E-state index is 13.4. The molecule has 2 rings (SSSR count). The molecule has 3 heteroatoms. The Morgan fingerprint density at radius 2 is 1.53 bits per heavy atom. The number of rotatable bonds is 3. The molecule has 0 spiro atoms. The van der Waals surface area contributed by atoms with E-state index in [1.165, 1.54) is 11.6 Å². The average Bonchev–Trinajstić information content (AvgIpc) is 2.41. The minimum Gasteiger partial charge on any atom is -0.207 e. The molecule has 0 aliphatic heterocycles. The number of benzene rings is 2. The predicted octanol–water partition coefficient (Wildman–Crippen LogP) is 6.20. The first-order chi connectivity index (χ1) is 8.99. The molecule has 100 valence electrons. The van der Waals surface area contributed by atoms with Crippen molar-refractivity contribution >= 4 is 31.9 Å². The largest absolute Gasteiger partial charge is 0.207 e. The molecule has 0 saturated heterocycles. The van der Waals surface area contributed by atoms with Gasteiger partial charge in [0.05, 0.1) is 4.83 Å². The molecule has 1 unspecified atom stereocenters. The molecule has 1 atom stereocenters. The lowest BCUT2D eigenvalue weighted by Crippen LogP contribution is -1.96. The fourth-order valence-electron chi connectivity index (χ4n) is 1.94. The van der Waals surface area contributed by atoms with Crippen molar-refractivity contribution in [2.75, 3.05) is 0 Å². The van der Waals surface area contributed by atoms with Gasteiger partial charge in [-0.25, -0.2) is 4.39 Å². The van der Waals surface area contributed by atoms with E-state index in [0.717, 1.165) is 15.6 Å². The van der Waals surface area contributed by atoms with Crippen LogP contribution in [-0.4, -0.2) is 0 Å². The number of alkyl halides is 1. The maximum Gasteiger partial charge on any atom is 0.123 e. The van der Waals surface area contributed by atoms with Gasteiger partial charge in [-0.3, -0.25) is 0 Å². The molecular formula is C16H15Br2F. The lowest BCUT2D eigenvalue weighted by molar-refractivity contribution is 0.625. The summed E-state index contributed by atoms with van der Waals surface area (Å²) in [6.07, 6.45) is 0. The predicted molar refractivity (Wildman–Crippen MR) is 85.4 cm³/mol. The van der Waals surface area contributed by atoms with Crippen LogP contribution in [0.1, 0.15) is 41.3 Å². The summed E-state index contributed by atoms with van der Waals surface area (Å²) in [6, 6.07) is 13.2. The fourth-order valence-corrected chi connectivity index (χ4v) is 3.41. The van der Waals surface area contributed by atoms with Gasteiger partial charge >= 0.3 is 0 Å². The van der Waals surface area contributed by atoms with Gasteiger partial charge in [0.2, 0.25) is 0 Å². The first kappa shape index (κ1) is 14.7. The SMILES string of the molecule is CC(C)c1ccc(C(Br)c2cc(F)ccc2Br)cc1. The molecule has 0 saturated carbocycles. The van der Waals surface area contributed by atoms with Crippen molar-refractivity contribution in [2.45, 2.75) is 24.6 Å². The molecule has 19 heavy (non-hydrogen) atoms. The van der Waals surface area contributed by atoms with E-state index < -0.39 is 0 Å². The van der Waals surface area contributed by atoms with Gasteiger partial charge in [0, 0.05) is 4.47 Å². The van der Waals surface area contributed by atoms with Crippen LogP contribution in [0.5, 0.6) is 0 Å². The summed E-state index contributed by atoms with van der Waals surface area (Å²) >= 11 is 7.11. The van der Waals surface area contributed by atoms with Gasteiger partial charge in [-0.05, 0) is 40.8 Å². The molecule has 0 radical (unpaired) electrons. The molecule has 0 aliphatic rings. The van der Waals surface area contributed by atoms with Crippen molar-refractivity contribution in [1.29, 1.82) is 0 Å². The maximum atomic E-state index is 13.4. The third-order valence-electron chi connectivity index (χ3n) is 3.13. The number of halogens is 3. The third-order valence-corrected chi connectivity index (χ3v) is 4.87. The zero-order chi connectivity index (χ0) is 14.0. The van der Waals surface area contributed by atoms with Crippen LogP contribution in [-0.2, 0) is 0 Å². The summed E-state index contributed by atoms with van der Waals surface area (Å²) in [6.45, 7) is 4.34. The van der Waals surface area contributed by atoms with Crippen LogP contribution in [0.15, 0.2) is 46.9 Å². The minimum atomic E-state index is -0.221. The van der Waals surface area contributed by atoms with Gasteiger partial charge in [-0.15, -0.1) is 0 Å². The molecule has 0 amide bonds. The molecule has 0 N–H and O–H groups in total. The third kappa shape index (κ3) is 3.46. The summed E-state index contributed by atoms with van der Waals surface area (Å²) in [7, 11) is 0. The molecule has 0 fully saturated rings. The van der Waals surface area contributed by atoms with Crippen LogP contribution in [0.2, 0.25) is 0 Å². The second-order valence-corrected chi connectivity index (χ2v) is 6.62. The van der Waals surface area contributed by atoms with Gasteiger partial charge in [-0.2, -0.15) is 0 Å². The first-order valence-corrected chi connectivity index (χ1v) is 7.88. The van der Waals surface area contributed by atoms with Crippen molar-refractivity contribution in [1.82, 2.24) is 0 Å². The Morgan fingerprint density at radius 1 is 0.947 bits per heavy atom. The van der Waals surface area contributed by atoms with Crippen molar-refractivity contribution in [3.8, 4) is 0 Å². The van der Waals surface area contributed by atoms with Crippen LogP contribution < -0.4 is 0 Å². The van der Waals surface area contributed by atoms with Crippen molar-refractivity contribution < 1.29 is 4.39 Å². The highest BCUT2D eigenvalue weighted by molar-refractivity contribution is 9.11. The monoisotopic (exact) mass is 384 g/mol. The zero-order valence-electron chi connectivity index (χ0n) is 10.8. The van der Waals surface area contributed by atoms with E-state index in [9.17, 15) is 4.39 Å². The van der Waals surface area contributed by atoms with Gasteiger partial charge in [0.15, 0.2) is 0 Å². The van der Waals surface area contributed by atoms with E-state index in [1.54, 1.807) is 12.1 Å². The molecule has 0 aromatic heterocycles. The molecule has 0 bridgehead atoms. The topological polar surface area (TPSA) is 0 Å². The molecule has 2 aromatic rings. The lowest BCUT2D eigenvalue weighted by atomic mass is 9.99. The van der Waals surface area contributed by atoms with Gasteiger partial charge < -0.3 is 0 Å². The smallest absolute Gasteiger partial charge is 0.123 e. The number of hydrogen-bond donors (Lipinski definition) is 0. The van der Waals surface area contributed by atoms with E-state index in [1.807, 2.05) is 0 Å². The van der Waals surface area contributed by atoms with E-state index in [2.05, 4.69) is 70.0 Å². The zero-order valence-corrected chi connectivity index (χ0v) is 14.0. The Hall–Kier alpha value is -0.670. The molecule has 0 nitrogen and oxygen atoms in total. The highest BCUT2D eigenvalue weighted by Gasteiger charge is 2.14. The van der Waals surface area contributed by atoms with Crippen molar-refractivity contribution in [2.24, 2.45) is 0 Å². The summed E-state index contributed by atoms with van der Waals surface area (Å²) in [5.74, 6) is 0.296. The Kier molecular flexibility index (Phi) is 4.80. The molecular weight excluding hydrogens is 371 g/mol. The second kappa shape index (κ2) is 6.19. The normalized spacial score (nSPS) is 12.7. The van der Waals surface area contributed by atoms with Crippen molar-refractivity contribution in [3.05, 3.63) is 69.4 Å². The average molecular weight is 386 g/mol. The minimum absolute atomic E-state index is 0.0150. The second-order valence-electron chi connectivity index (χ2n) is 4.85. The van der Waals surface area contributed by atoms with Crippen LogP contribution in [0.4, 0.5) is 4.39 Å². The first-order valence-electron chi connectivity index (χ1n) is 6.18. The van der Waals surface area contributed by atoms with E-state index in [4.69, 9.17) is 0 Å². The Bertz CT molecular complexity index is 561. The Labute approximate surface area is 130 Å². The molecule has 2 aromatic carbocycles. The fraction of sp³-hybridized carbons (Fsp3) is 0.250. The summed E-state index contributed by atoms with van der Waals surface area (Å²) in [5, 5.41) is 0. The van der Waals surface area contributed by atoms with E-state index in [-0.39, 0.29) is 10.6 Å². The Morgan fingerprint density at radius 3 is 2.11 bits per heavy atom. The lowest BCUT2D eigenvalue weighted by Gasteiger charge is -2.14. The summed E-state index contributed by atoms with van der Waals surface area (Å²) in [4.78, 5) is -0.0150. The van der Waals surface area contributed by atoms with Gasteiger partial charge in [0.25, 0.3) is 0 Å². The van der Waals surface area contributed by atoms with E-state index >= 15 is 0 Å².